The Labute approximate surface area is 124 Å². The Balaban J connectivity index is 1.78. The highest BCUT2D eigenvalue weighted by Crippen LogP contribution is 2.14. The molecule has 3 nitrogen and oxygen atoms in total. The van der Waals surface area contributed by atoms with Gasteiger partial charge >= 0.3 is 0 Å². The monoisotopic (exact) mass is 296 g/mol. The summed E-state index contributed by atoms with van der Waals surface area (Å²) >= 11 is 0. The predicted octanol–water partition coefficient (Wildman–Crippen LogP) is 2.70. The number of hydrogen-bond acceptors (Lipinski definition) is 2. The Kier molecular flexibility index (Phi) is 5.28. The molecule has 21 heavy (non-hydrogen) atoms. The summed E-state index contributed by atoms with van der Waals surface area (Å²) in [6.45, 7) is 5.85. The Morgan fingerprint density at radius 2 is 1.95 bits per heavy atom. The first-order valence-electron chi connectivity index (χ1n) is 7.43. The van der Waals surface area contributed by atoms with Crippen molar-refractivity contribution in [3.05, 3.63) is 35.4 Å². The van der Waals surface area contributed by atoms with Crippen LogP contribution < -0.4 is 5.32 Å². The number of piperidine rings is 1. The summed E-state index contributed by atoms with van der Waals surface area (Å²) in [6, 6.07) is 4.27. The van der Waals surface area contributed by atoms with Gasteiger partial charge in [-0.15, -0.1) is 0 Å². The van der Waals surface area contributed by atoms with Crippen molar-refractivity contribution in [1.82, 2.24) is 10.2 Å². The van der Waals surface area contributed by atoms with Crippen molar-refractivity contribution in [2.75, 3.05) is 13.1 Å². The molecule has 1 N–H and O–H groups in total. The maximum absolute atomic E-state index is 13.1. The van der Waals surface area contributed by atoms with E-state index in [1.54, 1.807) is 6.07 Å². The zero-order valence-corrected chi connectivity index (χ0v) is 12.5. The number of rotatable bonds is 4. The quantitative estimate of drug-likeness (QED) is 0.926. The molecular formula is C16H22F2N2O. The van der Waals surface area contributed by atoms with Gasteiger partial charge in [-0.05, 0) is 30.5 Å². The van der Waals surface area contributed by atoms with Gasteiger partial charge in [-0.1, -0.05) is 19.9 Å². The molecule has 0 saturated carbocycles. The van der Waals surface area contributed by atoms with Gasteiger partial charge in [0.25, 0.3) is 0 Å². The summed E-state index contributed by atoms with van der Waals surface area (Å²) in [5.41, 5.74) is 0.731. The van der Waals surface area contributed by atoms with E-state index in [9.17, 15) is 13.6 Å². The lowest BCUT2D eigenvalue weighted by Gasteiger charge is -2.33. The lowest BCUT2D eigenvalue weighted by Crippen LogP contribution is -2.45. The smallest absolute Gasteiger partial charge is 0.225 e. The first-order chi connectivity index (χ1) is 9.97. The Morgan fingerprint density at radius 3 is 2.52 bits per heavy atom. The molecule has 0 aliphatic carbocycles. The van der Waals surface area contributed by atoms with Gasteiger partial charge in [-0.25, -0.2) is 8.78 Å². The number of carbonyl (C=O) groups is 1. The molecule has 1 aromatic carbocycles. The van der Waals surface area contributed by atoms with E-state index in [-0.39, 0.29) is 11.8 Å². The highest BCUT2D eigenvalue weighted by atomic mass is 19.2. The van der Waals surface area contributed by atoms with Crippen molar-refractivity contribution in [3.8, 4) is 0 Å². The molecule has 1 amide bonds. The van der Waals surface area contributed by atoms with Crippen molar-refractivity contribution in [2.45, 2.75) is 39.3 Å². The van der Waals surface area contributed by atoms with E-state index in [0.29, 0.717) is 12.6 Å². The predicted molar refractivity (Wildman–Crippen MR) is 77.6 cm³/mol. The molecule has 1 aromatic rings. The molecule has 0 unspecified atom stereocenters. The van der Waals surface area contributed by atoms with Crippen LogP contribution in [0.1, 0.15) is 32.3 Å². The minimum atomic E-state index is -0.820. The van der Waals surface area contributed by atoms with Crippen LogP contribution in [-0.4, -0.2) is 29.9 Å². The van der Waals surface area contributed by atoms with Crippen molar-refractivity contribution in [3.63, 3.8) is 0 Å². The van der Waals surface area contributed by atoms with E-state index in [0.717, 1.165) is 37.6 Å². The van der Waals surface area contributed by atoms with Crippen LogP contribution in [0.3, 0.4) is 0 Å². The fourth-order valence-corrected chi connectivity index (χ4v) is 2.58. The van der Waals surface area contributed by atoms with Gasteiger partial charge in [-0.2, -0.15) is 0 Å². The van der Waals surface area contributed by atoms with Crippen LogP contribution in [0.25, 0.3) is 0 Å². The minimum Gasteiger partial charge on any atom is -0.342 e. The van der Waals surface area contributed by atoms with Crippen LogP contribution >= 0.6 is 0 Å². The van der Waals surface area contributed by atoms with E-state index in [1.807, 2.05) is 18.7 Å². The lowest BCUT2D eigenvalue weighted by atomic mass is 10.0. The molecule has 1 aliphatic rings. The zero-order chi connectivity index (χ0) is 15.4. The second-order valence-corrected chi connectivity index (χ2v) is 5.88. The largest absolute Gasteiger partial charge is 0.342 e. The van der Waals surface area contributed by atoms with Crippen LogP contribution in [0.15, 0.2) is 18.2 Å². The summed E-state index contributed by atoms with van der Waals surface area (Å²) in [7, 11) is 0. The van der Waals surface area contributed by atoms with Gasteiger partial charge < -0.3 is 10.2 Å². The van der Waals surface area contributed by atoms with Crippen molar-refractivity contribution in [1.29, 1.82) is 0 Å². The van der Waals surface area contributed by atoms with Gasteiger partial charge in [0.2, 0.25) is 5.91 Å². The molecule has 0 bridgehead atoms. The molecule has 1 saturated heterocycles. The molecule has 0 spiro atoms. The third-order valence-corrected chi connectivity index (χ3v) is 3.88. The molecule has 1 fully saturated rings. The summed E-state index contributed by atoms with van der Waals surface area (Å²) in [4.78, 5) is 13.8. The van der Waals surface area contributed by atoms with Crippen molar-refractivity contribution < 1.29 is 13.6 Å². The van der Waals surface area contributed by atoms with Gasteiger partial charge in [-0.3, -0.25) is 4.79 Å². The standard InChI is InChI=1S/C16H22F2N2O/c1-11(2)16(21)20-7-5-13(6-8-20)19-10-12-3-4-14(17)15(18)9-12/h3-4,9,11,13,19H,5-8,10H2,1-2H3. The first-order valence-corrected chi connectivity index (χ1v) is 7.43. The number of benzene rings is 1. The molecule has 2 rings (SSSR count). The number of hydrogen-bond donors (Lipinski definition) is 1. The summed E-state index contributed by atoms with van der Waals surface area (Å²) in [5.74, 6) is -1.39. The van der Waals surface area contributed by atoms with E-state index in [2.05, 4.69) is 5.32 Å². The molecular weight excluding hydrogens is 274 g/mol. The van der Waals surface area contributed by atoms with Gasteiger partial charge in [0.1, 0.15) is 0 Å². The zero-order valence-electron chi connectivity index (χ0n) is 12.5. The van der Waals surface area contributed by atoms with Crippen LogP contribution in [0.5, 0.6) is 0 Å². The molecule has 5 heteroatoms. The molecule has 1 heterocycles. The van der Waals surface area contributed by atoms with Gasteiger partial charge in [0.05, 0.1) is 0 Å². The maximum atomic E-state index is 13.1. The average Bonchev–Trinajstić information content (AvgIpc) is 2.48. The van der Waals surface area contributed by atoms with E-state index >= 15 is 0 Å². The number of likely N-dealkylation sites (tertiary alicyclic amines) is 1. The molecule has 0 radical (unpaired) electrons. The van der Waals surface area contributed by atoms with Crippen LogP contribution in [0, 0.1) is 17.6 Å². The van der Waals surface area contributed by atoms with E-state index in [1.165, 1.54) is 6.07 Å². The fourth-order valence-electron chi connectivity index (χ4n) is 2.58. The number of amides is 1. The molecule has 1 aliphatic heterocycles. The highest BCUT2D eigenvalue weighted by Gasteiger charge is 2.23. The van der Waals surface area contributed by atoms with Crippen molar-refractivity contribution >= 4 is 5.91 Å². The Hall–Kier alpha value is -1.49. The summed E-state index contributed by atoms with van der Waals surface area (Å²) in [5, 5.41) is 3.35. The molecule has 0 aromatic heterocycles. The Bertz CT molecular complexity index is 497. The number of carbonyl (C=O) groups excluding carboxylic acids is 1. The van der Waals surface area contributed by atoms with Gasteiger partial charge in [0.15, 0.2) is 11.6 Å². The number of nitrogens with one attached hydrogen (secondary N) is 1. The third-order valence-electron chi connectivity index (χ3n) is 3.88. The van der Waals surface area contributed by atoms with E-state index < -0.39 is 11.6 Å². The molecule has 116 valence electrons. The van der Waals surface area contributed by atoms with Crippen LogP contribution in [0.2, 0.25) is 0 Å². The van der Waals surface area contributed by atoms with Crippen LogP contribution in [-0.2, 0) is 11.3 Å². The number of nitrogens with zero attached hydrogens (tertiary/aromatic N) is 1. The number of halogens is 2. The van der Waals surface area contributed by atoms with Crippen molar-refractivity contribution in [2.24, 2.45) is 5.92 Å². The maximum Gasteiger partial charge on any atom is 0.225 e. The second kappa shape index (κ2) is 6.98. The SMILES string of the molecule is CC(C)C(=O)N1CCC(NCc2ccc(F)c(F)c2)CC1. The third kappa shape index (κ3) is 4.24. The summed E-state index contributed by atoms with van der Waals surface area (Å²) < 4.78 is 26.0. The van der Waals surface area contributed by atoms with Crippen LogP contribution in [0.4, 0.5) is 8.78 Å². The fraction of sp³-hybridized carbons (Fsp3) is 0.562. The van der Waals surface area contributed by atoms with Gasteiger partial charge in [0, 0.05) is 31.6 Å². The Morgan fingerprint density at radius 1 is 1.29 bits per heavy atom. The summed E-state index contributed by atoms with van der Waals surface area (Å²) in [6.07, 6.45) is 1.78. The normalized spacial score (nSPS) is 16.5. The lowest BCUT2D eigenvalue weighted by molar-refractivity contribution is -0.135. The molecule has 0 atom stereocenters. The second-order valence-electron chi connectivity index (χ2n) is 5.88. The first kappa shape index (κ1) is 15.9. The minimum absolute atomic E-state index is 0.0386. The average molecular weight is 296 g/mol. The topological polar surface area (TPSA) is 32.3 Å². The highest BCUT2D eigenvalue weighted by molar-refractivity contribution is 5.78. The van der Waals surface area contributed by atoms with E-state index in [4.69, 9.17) is 0 Å².